The summed E-state index contributed by atoms with van der Waals surface area (Å²) in [6.07, 6.45) is 2.21. The monoisotopic (exact) mass is 346 g/mol. The first-order valence-electron chi connectivity index (χ1n) is 7.55. The lowest BCUT2D eigenvalue weighted by atomic mass is 9.91. The van der Waals surface area contributed by atoms with E-state index in [4.69, 9.17) is 9.47 Å². The summed E-state index contributed by atoms with van der Waals surface area (Å²) in [5.41, 5.74) is 1.02. The SMILES string of the molecule is O=C(Nc1nc2c(s1)CCC[C@H]2C(=O)O)c1ccc2c(c1)OCO2. The van der Waals surface area contributed by atoms with Crippen molar-refractivity contribution in [1.29, 1.82) is 0 Å². The van der Waals surface area contributed by atoms with Gasteiger partial charge in [-0.3, -0.25) is 14.9 Å². The Hall–Kier alpha value is -2.61. The molecule has 2 aromatic rings. The predicted octanol–water partition coefficient (Wildman–Crippen LogP) is 2.63. The van der Waals surface area contributed by atoms with Crippen LogP contribution in [0.15, 0.2) is 18.2 Å². The zero-order chi connectivity index (χ0) is 16.7. The maximum Gasteiger partial charge on any atom is 0.312 e. The van der Waals surface area contributed by atoms with Crippen molar-refractivity contribution in [3.63, 3.8) is 0 Å². The van der Waals surface area contributed by atoms with Gasteiger partial charge in [0.15, 0.2) is 16.6 Å². The molecule has 2 heterocycles. The number of aromatic nitrogens is 1. The molecule has 124 valence electrons. The minimum atomic E-state index is -0.866. The molecule has 0 radical (unpaired) electrons. The van der Waals surface area contributed by atoms with E-state index in [0.29, 0.717) is 34.3 Å². The Morgan fingerprint density at radius 1 is 1.29 bits per heavy atom. The van der Waals surface area contributed by atoms with Crippen LogP contribution in [0.1, 0.15) is 39.7 Å². The van der Waals surface area contributed by atoms with Gasteiger partial charge in [0, 0.05) is 10.4 Å². The molecule has 4 rings (SSSR count). The van der Waals surface area contributed by atoms with Gasteiger partial charge in [-0.15, -0.1) is 11.3 Å². The lowest BCUT2D eigenvalue weighted by Crippen LogP contribution is -2.17. The van der Waals surface area contributed by atoms with E-state index in [1.807, 2.05) is 0 Å². The first-order chi connectivity index (χ1) is 11.6. The Labute approximate surface area is 141 Å². The van der Waals surface area contributed by atoms with Gasteiger partial charge < -0.3 is 14.6 Å². The summed E-state index contributed by atoms with van der Waals surface area (Å²) in [7, 11) is 0. The van der Waals surface area contributed by atoms with E-state index in [-0.39, 0.29) is 12.7 Å². The smallest absolute Gasteiger partial charge is 0.312 e. The van der Waals surface area contributed by atoms with Crippen molar-refractivity contribution in [3.05, 3.63) is 34.3 Å². The van der Waals surface area contributed by atoms with Crippen molar-refractivity contribution in [2.24, 2.45) is 0 Å². The second-order valence-corrected chi connectivity index (χ2v) is 6.72. The third kappa shape index (κ3) is 2.58. The Bertz CT molecular complexity index is 832. The van der Waals surface area contributed by atoms with Gasteiger partial charge in [-0.05, 0) is 37.5 Å². The number of carboxylic acid groups (broad SMARTS) is 1. The fraction of sp³-hybridized carbons (Fsp3) is 0.312. The van der Waals surface area contributed by atoms with Crippen LogP contribution in [0.25, 0.3) is 0 Å². The van der Waals surface area contributed by atoms with Crippen molar-refractivity contribution < 1.29 is 24.2 Å². The number of ether oxygens (including phenoxy) is 2. The molecular formula is C16H14N2O5S. The normalized spacial score (nSPS) is 18.1. The number of anilines is 1. The molecule has 1 aromatic carbocycles. The average Bonchev–Trinajstić information content (AvgIpc) is 3.19. The first-order valence-corrected chi connectivity index (χ1v) is 8.37. The van der Waals surface area contributed by atoms with Crippen LogP contribution in [-0.4, -0.2) is 28.8 Å². The van der Waals surface area contributed by atoms with Gasteiger partial charge in [0.25, 0.3) is 5.91 Å². The largest absolute Gasteiger partial charge is 0.481 e. The standard InChI is InChI=1S/C16H14N2O5S/c19-14(8-4-5-10-11(6-8)23-7-22-10)18-16-17-13-9(15(20)21)2-1-3-12(13)24-16/h4-6,9H,1-3,7H2,(H,20,21)(H,17,18,19)/t9-/m1/s1. The molecule has 2 aliphatic rings. The van der Waals surface area contributed by atoms with Crippen LogP contribution in [0, 0.1) is 0 Å². The van der Waals surface area contributed by atoms with Crippen molar-refractivity contribution in [2.45, 2.75) is 25.2 Å². The highest BCUT2D eigenvalue weighted by atomic mass is 32.1. The molecule has 1 aliphatic carbocycles. The van der Waals surface area contributed by atoms with E-state index < -0.39 is 11.9 Å². The number of benzene rings is 1. The summed E-state index contributed by atoms with van der Waals surface area (Å²) in [6.45, 7) is 0.149. The number of hydrogen-bond donors (Lipinski definition) is 2. The lowest BCUT2D eigenvalue weighted by molar-refractivity contribution is -0.139. The van der Waals surface area contributed by atoms with Crippen LogP contribution in [-0.2, 0) is 11.2 Å². The second-order valence-electron chi connectivity index (χ2n) is 5.63. The van der Waals surface area contributed by atoms with Crippen molar-refractivity contribution in [2.75, 3.05) is 12.1 Å². The highest BCUT2D eigenvalue weighted by molar-refractivity contribution is 7.15. The summed E-state index contributed by atoms with van der Waals surface area (Å²) in [5, 5.41) is 12.5. The Kier molecular flexibility index (Phi) is 3.61. The molecule has 0 unspecified atom stereocenters. The van der Waals surface area contributed by atoms with Gasteiger partial charge in [-0.2, -0.15) is 0 Å². The molecule has 2 N–H and O–H groups in total. The molecule has 0 saturated heterocycles. The molecule has 0 saturated carbocycles. The van der Waals surface area contributed by atoms with E-state index in [9.17, 15) is 14.7 Å². The molecule has 7 nitrogen and oxygen atoms in total. The third-order valence-electron chi connectivity index (χ3n) is 4.11. The van der Waals surface area contributed by atoms with Gasteiger partial charge in [0.1, 0.15) is 5.92 Å². The van der Waals surface area contributed by atoms with Crippen LogP contribution in [0.3, 0.4) is 0 Å². The molecule has 1 aliphatic heterocycles. The maximum absolute atomic E-state index is 12.4. The van der Waals surface area contributed by atoms with E-state index in [2.05, 4.69) is 10.3 Å². The minimum Gasteiger partial charge on any atom is -0.481 e. The quantitative estimate of drug-likeness (QED) is 0.887. The number of nitrogens with one attached hydrogen (secondary N) is 1. The van der Waals surface area contributed by atoms with Crippen LogP contribution >= 0.6 is 11.3 Å². The highest BCUT2D eigenvalue weighted by Gasteiger charge is 2.30. The van der Waals surface area contributed by atoms with Crippen LogP contribution in [0.4, 0.5) is 5.13 Å². The van der Waals surface area contributed by atoms with Gasteiger partial charge in [0.2, 0.25) is 6.79 Å². The minimum absolute atomic E-state index is 0.149. The number of carbonyl (C=O) groups excluding carboxylic acids is 1. The summed E-state index contributed by atoms with van der Waals surface area (Å²) < 4.78 is 10.5. The van der Waals surface area contributed by atoms with E-state index in [0.717, 1.165) is 17.7 Å². The van der Waals surface area contributed by atoms with E-state index >= 15 is 0 Å². The molecule has 0 spiro atoms. The third-order valence-corrected chi connectivity index (χ3v) is 5.15. The van der Waals surface area contributed by atoms with E-state index in [1.165, 1.54) is 11.3 Å². The fourth-order valence-electron chi connectivity index (χ4n) is 2.92. The Morgan fingerprint density at radius 2 is 2.12 bits per heavy atom. The van der Waals surface area contributed by atoms with Crippen molar-refractivity contribution in [3.8, 4) is 11.5 Å². The van der Waals surface area contributed by atoms with Crippen LogP contribution in [0.2, 0.25) is 0 Å². The van der Waals surface area contributed by atoms with Crippen LogP contribution in [0.5, 0.6) is 11.5 Å². The highest BCUT2D eigenvalue weighted by Crippen LogP contribution is 2.37. The number of thiazole rings is 1. The number of fused-ring (bicyclic) bond motifs is 2. The van der Waals surface area contributed by atoms with Crippen molar-refractivity contribution >= 4 is 28.3 Å². The molecule has 1 aromatic heterocycles. The fourth-order valence-corrected chi connectivity index (χ4v) is 3.98. The Morgan fingerprint density at radius 3 is 2.96 bits per heavy atom. The average molecular weight is 346 g/mol. The van der Waals surface area contributed by atoms with Gasteiger partial charge in [-0.25, -0.2) is 4.98 Å². The summed E-state index contributed by atoms with van der Waals surface area (Å²) in [6, 6.07) is 4.95. The number of amides is 1. The lowest BCUT2D eigenvalue weighted by Gasteiger charge is -2.16. The summed E-state index contributed by atoms with van der Waals surface area (Å²) >= 11 is 1.34. The summed E-state index contributed by atoms with van der Waals surface area (Å²) in [5.74, 6) is -0.616. The number of carboxylic acids is 1. The zero-order valence-electron chi connectivity index (χ0n) is 12.6. The molecule has 24 heavy (non-hydrogen) atoms. The maximum atomic E-state index is 12.4. The number of nitrogens with zero attached hydrogens (tertiary/aromatic N) is 1. The molecule has 8 heteroatoms. The Balaban J connectivity index is 1.55. The predicted molar refractivity (Wildman–Crippen MR) is 85.9 cm³/mol. The second kappa shape index (κ2) is 5.79. The van der Waals surface area contributed by atoms with E-state index in [1.54, 1.807) is 18.2 Å². The van der Waals surface area contributed by atoms with Crippen molar-refractivity contribution in [1.82, 2.24) is 4.98 Å². The molecule has 1 atom stereocenters. The molecule has 0 fully saturated rings. The van der Waals surface area contributed by atoms with Gasteiger partial charge >= 0.3 is 5.97 Å². The van der Waals surface area contributed by atoms with Gasteiger partial charge in [0.05, 0.1) is 5.69 Å². The number of hydrogen-bond acceptors (Lipinski definition) is 6. The molecule has 0 bridgehead atoms. The first kappa shape index (κ1) is 14.9. The molecule has 1 amide bonds. The summed E-state index contributed by atoms with van der Waals surface area (Å²) in [4.78, 5) is 29.0. The number of aryl methyl sites for hydroxylation is 1. The number of aliphatic carboxylic acids is 1. The molecular weight excluding hydrogens is 332 g/mol. The topological polar surface area (TPSA) is 97.8 Å². The number of rotatable bonds is 3. The van der Waals surface area contributed by atoms with Gasteiger partial charge in [-0.1, -0.05) is 0 Å². The number of carbonyl (C=O) groups is 2. The zero-order valence-corrected chi connectivity index (χ0v) is 13.4. The van der Waals surface area contributed by atoms with Crippen LogP contribution < -0.4 is 14.8 Å².